The minimum absolute atomic E-state index is 0.274. The molecule has 1 aliphatic carbocycles. The average molecular weight is 153 g/mol. The van der Waals surface area contributed by atoms with Crippen LogP contribution in [0, 0.1) is 0 Å². The van der Waals surface area contributed by atoms with Gasteiger partial charge in [-0.2, -0.15) is 0 Å². The van der Waals surface area contributed by atoms with Crippen molar-refractivity contribution < 1.29 is 0 Å². The monoisotopic (exact) mass is 152 g/mol. The van der Waals surface area contributed by atoms with Gasteiger partial charge in [0.1, 0.15) is 0 Å². The summed E-state index contributed by atoms with van der Waals surface area (Å²) in [6, 6.07) is 8.42. The van der Waals surface area contributed by atoms with Crippen LogP contribution >= 0.6 is 11.6 Å². The van der Waals surface area contributed by atoms with E-state index in [1.165, 1.54) is 11.1 Å². The van der Waals surface area contributed by atoms with E-state index in [0.29, 0.717) is 0 Å². The molecule has 1 aromatic rings. The molecule has 0 fully saturated rings. The summed E-state index contributed by atoms with van der Waals surface area (Å²) in [5.74, 6) is 0. The van der Waals surface area contributed by atoms with Crippen LogP contribution in [0.5, 0.6) is 0 Å². The first-order valence-corrected chi connectivity index (χ1v) is 4.03. The van der Waals surface area contributed by atoms with Crippen molar-refractivity contribution in [1.82, 2.24) is 0 Å². The van der Waals surface area contributed by atoms with Crippen LogP contribution in [0.1, 0.15) is 22.9 Å². The van der Waals surface area contributed by atoms with E-state index in [9.17, 15) is 0 Å². The third-order valence-corrected chi connectivity index (χ3v) is 2.51. The summed E-state index contributed by atoms with van der Waals surface area (Å²) in [5.41, 5.74) is 2.77. The molecule has 0 radical (unpaired) electrons. The number of alkyl halides is 1. The molecule has 0 spiro atoms. The standard InChI is InChI=1S/C9H9Cl/c10-9-6-5-7-3-1-2-4-8(7)9/h1-4,9H,5-6H2/t9-/m1/s1. The van der Waals surface area contributed by atoms with Gasteiger partial charge in [0.15, 0.2) is 0 Å². The first kappa shape index (κ1) is 6.23. The first-order chi connectivity index (χ1) is 4.88. The fourth-order valence-corrected chi connectivity index (χ4v) is 1.83. The van der Waals surface area contributed by atoms with Crippen LogP contribution in [0.3, 0.4) is 0 Å². The number of benzene rings is 1. The molecule has 0 heterocycles. The summed E-state index contributed by atoms with van der Waals surface area (Å²) in [6.45, 7) is 0. The number of hydrogen-bond acceptors (Lipinski definition) is 0. The van der Waals surface area contributed by atoms with Crippen molar-refractivity contribution >= 4 is 11.6 Å². The SMILES string of the molecule is Cl[C@@H]1CCc2ccccc21. The fourth-order valence-electron chi connectivity index (χ4n) is 1.51. The lowest BCUT2D eigenvalue weighted by Crippen LogP contribution is -1.80. The molecule has 0 nitrogen and oxygen atoms in total. The van der Waals surface area contributed by atoms with Crippen molar-refractivity contribution in [2.75, 3.05) is 0 Å². The van der Waals surface area contributed by atoms with Crippen LogP contribution in [0.15, 0.2) is 24.3 Å². The molecule has 1 atom stereocenters. The molecule has 10 heavy (non-hydrogen) atoms. The topological polar surface area (TPSA) is 0 Å². The molecule has 0 aromatic heterocycles. The Bertz CT molecular complexity index is 242. The predicted octanol–water partition coefficient (Wildman–Crippen LogP) is 2.91. The van der Waals surface area contributed by atoms with E-state index in [0.717, 1.165) is 12.8 Å². The summed E-state index contributed by atoms with van der Waals surface area (Å²) in [6.07, 6.45) is 2.27. The maximum Gasteiger partial charge on any atom is 0.0591 e. The third-order valence-electron chi connectivity index (χ3n) is 2.06. The molecule has 0 bridgehead atoms. The van der Waals surface area contributed by atoms with Gasteiger partial charge < -0.3 is 0 Å². The minimum Gasteiger partial charge on any atom is -0.118 e. The van der Waals surface area contributed by atoms with Crippen molar-refractivity contribution in [2.24, 2.45) is 0 Å². The Morgan fingerprint density at radius 2 is 2.10 bits per heavy atom. The van der Waals surface area contributed by atoms with Crippen molar-refractivity contribution in [2.45, 2.75) is 18.2 Å². The zero-order chi connectivity index (χ0) is 6.97. The van der Waals surface area contributed by atoms with E-state index >= 15 is 0 Å². The van der Waals surface area contributed by atoms with E-state index in [1.807, 2.05) is 0 Å². The molecule has 0 saturated heterocycles. The van der Waals surface area contributed by atoms with Crippen molar-refractivity contribution in [3.8, 4) is 0 Å². The van der Waals surface area contributed by atoms with Gasteiger partial charge in [-0.25, -0.2) is 0 Å². The van der Waals surface area contributed by atoms with Crippen LogP contribution in [-0.2, 0) is 6.42 Å². The van der Waals surface area contributed by atoms with Crippen LogP contribution in [0.25, 0.3) is 0 Å². The number of aryl methyl sites for hydroxylation is 1. The quantitative estimate of drug-likeness (QED) is 0.502. The molecular weight excluding hydrogens is 144 g/mol. The molecule has 52 valence electrons. The van der Waals surface area contributed by atoms with E-state index in [4.69, 9.17) is 11.6 Å². The molecule has 0 saturated carbocycles. The van der Waals surface area contributed by atoms with Gasteiger partial charge in [0, 0.05) is 0 Å². The molecule has 0 amide bonds. The van der Waals surface area contributed by atoms with Crippen molar-refractivity contribution in [3.63, 3.8) is 0 Å². The molecule has 0 unspecified atom stereocenters. The van der Waals surface area contributed by atoms with Gasteiger partial charge in [0.05, 0.1) is 5.38 Å². The Morgan fingerprint density at radius 1 is 1.30 bits per heavy atom. The first-order valence-electron chi connectivity index (χ1n) is 3.60. The zero-order valence-electron chi connectivity index (χ0n) is 5.68. The lowest BCUT2D eigenvalue weighted by molar-refractivity contribution is 0.882. The molecule has 0 aliphatic heterocycles. The molecule has 1 aromatic carbocycles. The van der Waals surface area contributed by atoms with Gasteiger partial charge in [0.2, 0.25) is 0 Å². The number of halogens is 1. The maximum absolute atomic E-state index is 6.04. The Hall–Kier alpha value is -0.490. The third kappa shape index (κ3) is 0.836. The number of rotatable bonds is 0. The van der Waals surface area contributed by atoms with Gasteiger partial charge in [-0.3, -0.25) is 0 Å². The smallest absolute Gasteiger partial charge is 0.0591 e. The summed E-state index contributed by atoms with van der Waals surface area (Å²) >= 11 is 6.04. The van der Waals surface area contributed by atoms with Crippen molar-refractivity contribution in [1.29, 1.82) is 0 Å². The fraction of sp³-hybridized carbons (Fsp3) is 0.333. The summed E-state index contributed by atoms with van der Waals surface area (Å²) in [4.78, 5) is 0. The molecule has 1 aliphatic rings. The molecule has 0 N–H and O–H groups in total. The number of hydrogen-bond donors (Lipinski definition) is 0. The Balaban J connectivity index is 2.51. The van der Waals surface area contributed by atoms with Gasteiger partial charge >= 0.3 is 0 Å². The van der Waals surface area contributed by atoms with Gasteiger partial charge in [0.25, 0.3) is 0 Å². The van der Waals surface area contributed by atoms with Crippen LogP contribution in [0.4, 0.5) is 0 Å². The zero-order valence-corrected chi connectivity index (χ0v) is 6.43. The van der Waals surface area contributed by atoms with E-state index in [1.54, 1.807) is 0 Å². The second-order valence-corrected chi connectivity index (χ2v) is 3.23. The highest BCUT2D eigenvalue weighted by atomic mass is 35.5. The summed E-state index contributed by atoms with van der Waals surface area (Å²) in [7, 11) is 0. The van der Waals surface area contributed by atoms with Gasteiger partial charge in [-0.15, -0.1) is 11.6 Å². The lowest BCUT2D eigenvalue weighted by atomic mass is 10.1. The van der Waals surface area contributed by atoms with Crippen molar-refractivity contribution in [3.05, 3.63) is 35.4 Å². The van der Waals surface area contributed by atoms with Crippen LogP contribution < -0.4 is 0 Å². The summed E-state index contributed by atoms with van der Waals surface area (Å²) in [5, 5.41) is 0.274. The Morgan fingerprint density at radius 3 is 2.90 bits per heavy atom. The van der Waals surface area contributed by atoms with Gasteiger partial charge in [-0.05, 0) is 24.0 Å². The Labute approximate surface area is 65.8 Å². The highest BCUT2D eigenvalue weighted by Crippen LogP contribution is 2.35. The average Bonchev–Trinajstić information content (AvgIpc) is 2.34. The highest BCUT2D eigenvalue weighted by molar-refractivity contribution is 6.21. The largest absolute Gasteiger partial charge is 0.118 e. The predicted molar refractivity (Wildman–Crippen MR) is 43.4 cm³/mol. The number of fused-ring (bicyclic) bond motifs is 1. The molecule has 2 rings (SSSR count). The van der Waals surface area contributed by atoms with E-state index in [-0.39, 0.29) is 5.38 Å². The molecular formula is C9H9Cl. The highest BCUT2D eigenvalue weighted by Gasteiger charge is 2.18. The second kappa shape index (κ2) is 2.28. The summed E-state index contributed by atoms with van der Waals surface area (Å²) < 4.78 is 0. The maximum atomic E-state index is 6.04. The van der Waals surface area contributed by atoms with E-state index < -0.39 is 0 Å². The van der Waals surface area contributed by atoms with Gasteiger partial charge in [-0.1, -0.05) is 24.3 Å². The lowest BCUT2D eigenvalue weighted by Gasteiger charge is -1.99. The minimum atomic E-state index is 0.274. The van der Waals surface area contributed by atoms with Crippen LogP contribution in [-0.4, -0.2) is 0 Å². The van der Waals surface area contributed by atoms with E-state index in [2.05, 4.69) is 24.3 Å². The Kier molecular flexibility index (Phi) is 1.42. The van der Waals surface area contributed by atoms with Crippen LogP contribution in [0.2, 0.25) is 0 Å². The second-order valence-electron chi connectivity index (χ2n) is 2.71. The normalized spacial score (nSPS) is 22.7. The molecule has 1 heteroatoms.